The van der Waals surface area contributed by atoms with Crippen LogP contribution in [0.15, 0.2) is 0 Å². The molecule has 2 fully saturated rings. The first kappa shape index (κ1) is 10.4. The van der Waals surface area contributed by atoms with Crippen molar-refractivity contribution >= 4 is 0 Å². The largest absolute Gasteiger partial charge is 0.379 e. The first-order chi connectivity index (χ1) is 6.72. The van der Waals surface area contributed by atoms with Crippen molar-refractivity contribution in [1.29, 1.82) is 0 Å². The molecule has 82 valence electrons. The molecule has 0 bridgehead atoms. The molecule has 0 aromatic heterocycles. The van der Waals surface area contributed by atoms with Gasteiger partial charge in [0.25, 0.3) is 0 Å². The van der Waals surface area contributed by atoms with E-state index in [1.807, 2.05) is 7.11 Å². The molecule has 2 aliphatic rings. The second-order valence-electron chi connectivity index (χ2n) is 5.00. The van der Waals surface area contributed by atoms with E-state index in [1.165, 1.54) is 32.4 Å². The van der Waals surface area contributed by atoms with Crippen molar-refractivity contribution in [2.45, 2.75) is 37.8 Å². The number of nitrogens with zero attached hydrogens (tertiary/aromatic N) is 1. The van der Waals surface area contributed by atoms with Gasteiger partial charge in [-0.25, -0.2) is 0 Å². The third kappa shape index (κ3) is 2.27. The van der Waals surface area contributed by atoms with E-state index < -0.39 is 0 Å². The molecule has 2 heterocycles. The van der Waals surface area contributed by atoms with E-state index in [2.05, 4.69) is 17.1 Å². The Morgan fingerprint density at radius 2 is 2.21 bits per heavy atom. The number of hydrogen-bond donors (Lipinski definition) is 1. The zero-order chi connectivity index (χ0) is 10.0. The Morgan fingerprint density at radius 1 is 1.43 bits per heavy atom. The number of methoxy groups -OCH3 is 1. The van der Waals surface area contributed by atoms with Crippen LogP contribution in [0.3, 0.4) is 0 Å². The first-order valence-corrected chi connectivity index (χ1v) is 5.72. The monoisotopic (exact) mass is 198 g/mol. The summed E-state index contributed by atoms with van der Waals surface area (Å²) in [5.74, 6) is 0. The lowest BCUT2D eigenvalue weighted by Crippen LogP contribution is -2.61. The van der Waals surface area contributed by atoms with Crippen molar-refractivity contribution in [2.75, 3.05) is 33.3 Å². The molecule has 0 saturated carbocycles. The van der Waals surface area contributed by atoms with Crippen LogP contribution in [0.1, 0.15) is 26.2 Å². The van der Waals surface area contributed by atoms with Gasteiger partial charge in [-0.3, -0.25) is 4.90 Å². The third-order valence-corrected chi connectivity index (χ3v) is 3.54. The average Bonchev–Trinajstić information content (AvgIpc) is 2.12. The van der Waals surface area contributed by atoms with Gasteiger partial charge in [0, 0.05) is 32.3 Å². The molecule has 2 saturated heterocycles. The quantitative estimate of drug-likeness (QED) is 0.727. The maximum absolute atomic E-state index is 5.28. The van der Waals surface area contributed by atoms with Crippen molar-refractivity contribution in [3.63, 3.8) is 0 Å². The van der Waals surface area contributed by atoms with Crippen LogP contribution in [0.5, 0.6) is 0 Å². The summed E-state index contributed by atoms with van der Waals surface area (Å²) in [6.07, 6.45) is 4.53. The minimum Gasteiger partial charge on any atom is -0.379 e. The molecule has 2 rings (SSSR count). The molecule has 0 aliphatic carbocycles. The minimum absolute atomic E-state index is 0.358. The summed E-state index contributed by atoms with van der Waals surface area (Å²) < 4.78 is 5.28. The van der Waals surface area contributed by atoms with Gasteiger partial charge in [0.1, 0.15) is 0 Å². The number of nitrogens with one attached hydrogen (secondary N) is 1. The minimum atomic E-state index is 0.358. The van der Waals surface area contributed by atoms with Crippen LogP contribution >= 0.6 is 0 Å². The highest BCUT2D eigenvalue weighted by Crippen LogP contribution is 2.22. The topological polar surface area (TPSA) is 24.5 Å². The van der Waals surface area contributed by atoms with Gasteiger partial charge in [-0.1, -0.05) is 6.42 Å². The molecule has 0 amide bonds. The van der Waals surface area contributed by atoms with Crippen LogP contribution < -0.4 is 5.32 Å². The van der Waals surface area contributed by atoms with E-state index >= 15 is 0 Å². The number of rotatable bonds is 3. The van der Waals surface area contributed by atoms with Gasteiger partial charge >= 0.3 is 0 Å². The Morgan fingerprint density at radius 3 is 2.79 bits per heavy atom. The van der Waals surface area contributed by atoms with Crippen LogP contribution in [-0.2, 0) is 4.74 Å². The lowest BCUT2D eigenvalue weighted by Gasteiger charge is -2.45. The second-order valence-corrected chi connectivity index (χ2v) is 5.00. The van der Waals surface area contributed by atoms with Gasteiger partial charge in [0.05, 0.1) is 6.10 Å². The molecular formula is C11H22N2O. The van der Waals surface area contributed by atoms with Gasteiger partial charge in [-0.15, -0.1) is 0 Å². The Balaban J connectivity index is 1.74. The van der Waals surface area contributed by atoms with Crippen molar-refractivity contribution in [3.8, 4) is 0 Å². The zero-order valence-electron chi connectivity index (χ0n) is 9.38. The number of ether oxygens (including phenoxy) is 1. The predicted molar refractivity (Wildman–Crippen MR) is 57.5 cm³/mol. The van der Waals surface area contributed by atoms with Gasteiger partial charge in [-0.05, 0) is 26.3 Å². The van der Waals surface area contributed by atoms with E-state index in [0.29, 0.717) is 11.6 Å². The van der Waals surface area contributed by atoms with Crippen LogP contribution in [0.4, 0.5) is 0 Å². The molecule has 2 aliphatic heterocycles. The summed E-state index contributed by atoms with van der Waals surface area (Å²) >= 11 is 0. The Kier molecular flexibility index (Phi) is 3.10. The molecule has 0 spiro atoms. The van der Waals surface area contributed by atoms with Crippen molar-refractivity contribution in [2.24, 2.45) is 0 Å². The summed E-state index contributed by atoms with van der Waals surface area (Å²) in [5.41, 5.74) is 0.358. The number of piperidine rings is 1. The zero-order valence-corrected chi connectivity index (χ0v) is 9.38. The Bertz CT molecular complexity index is 184. The summed E-state index contributed by atoms with van der Waals surface area (Å²) in [6, 6.07) is 0. The number of hydrogen-bond acceptors (Lipinski definition) is 3. The standard InChI is InChI=1S/C11H22N2O/c1-11(5-3-4-6-12-11)9-13-7-10(8-13)14-2/h10,12H,3-9H2,1-2H3. The molecular weight excluding hydrogens is 176 g/mol. The highest BCUT2D eigenvalue weighted by molar-refractivity contribution is 4.93. The molecule has 0 radical (unpaired) electrons. The van der Waals surface area contributed by atoms with Crippen LogP contribution in [0.2, 0.25) is 0 Å². The van der Waals surface area contributed by atoms with Crippen molar-refractivity contribution in [1.82, 2.24) is 10.2 Å². The Hall–Kier alpha value is -0.120. The normalized spacial score (nSPS) is 35.6. The SMILES string of the molecule is COC1CN(CC2(C)CCCCN2)C1. The number of likely N-dealkylation sites (tertiary alicyclic amines) is 1. The first-order valence-electron chi connectivity index (χ1n) is 5.72. The highest BCUT2D eigenvalue weighted by Gasteiger charge is 2.34. The molecule has 3 nitrogen and oxygen atoms in total. The maximum Gasteiger partial charge on any atom is 0.0824 e. The van der Waals surface area contributed by atoms with Gasteiger partial charge in [-0.2, -0.15) is 0 Å². The van der Waals surface area contributed by atoms with Crippen molar-refractivity contribution < 1.29 is 4.74 Å². The molecule has 1 unspecified atom stereocenters. The summed E-state index contributed by atoms with van der Waals surface area (Å²) in [7, 11) is 1.81. The van der Waals surface area contributed by atoms with E-state index in [1.54, 1.807) is 0 Å². The van der Waals surface area contributed by atoms with Crippen LogP contribution in [-0.4, -0.2) is 49.8 Å². The van der Waals surface area contributed by atoms with Gasteiger partial charge in [0.15, 0.2) is 0 Å². The average molecular weight is 198 g/mol. The van der Waals surface area contributed by atoms with Gasteiger partial charge < -0.3 is 10.1 Å². The second kappa shape index (κ2) is 4.17. The third-order valence-electron chi connectivity index (χ3n) is 3.54. The summed E-state index contributed by atoms with van der Waals surface area (Å²) in [6.45, 7) is 6.97. The van der Waals surface area contributed by atoms with E-state index in [9.17, 15) is 0 Å². The fraction of sp³-hybridized carbons (Fsp3) is 1.00. The predicted octanol–water partition coefficient (Wildman–Crippen LogP) is 0.849. The van der Waals surface area contributed by atoms with Crippen LogP contribution in [0, 0.1) is 0 Å². The maximum atomic E-state index is 5.28. The van der Waals surface area contributed by atoms with E-state index in [-0.39, 0.29) is 0 Å². The summed E-state index contributed by atoms with van der Waals surface area (Å²) in [4.78, 5) is 2.49. The van der Waals surface area contributed by atoms with Gasteiger partial charge in [0.2, 0.25) is 0 Å². The fourth-order valence-corrected chi connectivity index (χ4v) is 2.55. The van der Waals surface area contributed by atoms with Crippen molar-refractivity contribution in [3.05, 3.63) is 0 Å². The lowest BCUT2D eigenvalue weighted by atomic mass is 9.89. The van der Waals surface area contributed by atoms with E-state index in [0.717, 1.165) is 13.1 Å². The summed E-state index contributed by atoms with van der Waals surface area (Å²) in [5, 5.41) is 3.64. The molecule has 1 atom stereocenters. The lowest BCUT2D eigenvalue weighted by molar-refractivity contribution is -0.0418. The Labute approximate surface area is 86.8 Å². The molecule has 3 heteroatoms. The van der Waals surface area contributed by atoms with Crippen LogP contribution in [0.25, 0.3) is 0 Å². The smallest absolute Gasteiger partial charge is 0.0824 e. The molecule has 14 heavy (non-hydrogen) atoms. The fourth-order valence-electron chi connectivity index (χ4n) is 2.55. The highest BCUT2D eigenvalue weighted by atomic mass is 16.5. The molecule has 1 N–H and O–H groups in total. The van der Waals surface area contributed by atoms with E-state index in [4.69, 9.17) is 4.74 Å². The molecule has 0 aromatic carbocycles. The molecule has 0 aromatic rings.